The van der Waals surface area contributed by atoms with Crippen LogP contribution in [0.1, 0.15) is 39.2 Å². The number of unbranched alkanes of at least 4 members (excludes halogenated alkanes) is 1. The van der Waals surface area contributed by atoms with Gasteiger partial charge in [0.05, 0.1) is 10.5 Å². The zero-order chi connectivity index (χ0) is 20.3. The Morgan fingerprint density at radius 2 is 2.11 bits per heavy atom. The van der Waals surface area contributed by atoms with Gasteiger partial charge in [-0.05, 0) is 30.5 Å². The largest absolute Gasteiger partial charge is 0.369 e. The van der Waals surface area contributed by atoms with Gasteiger partial charge in [-0.3, -0.25) is 18.9 Å². The maximum atomic E-state index is 13.1. The van der Waals surface area contributed by atoms with E-state index in [0.29, 0.717) is 45.3 Å². The SMILES string of the molecule is CCCCN1C(=O)/C(=C\c2c(NCC(C)C)nc3ccccn3c2=O)SC1=S. The zero-order valence-electron chi connectivity index (χ0n) is 16.3. The molecule has 1 N–H and O–H groups in total. The molecular weight excluding hydrogens is 392 g/mol. The van der Waals surface area contributed by atoms with Crippen molar-refractivity contribution >= 4 is 51.7 Å². The number of nitrogens with zero attached hydrogens (tertiary/aromatic N) is 3. The molecule has 3 rings (SSSR count). The lowest BCUT2D eigenvalue weighted by Gasteiger charge is -2.13. The number of rotatable bonds is 7. The van der Waals surface area contributed by atoms with Crippen LogP contribution in [0.3, 0.4) is 0 Å². The number of aromatic nitrogens is 2. The van der Waals surface area contributed by atoms with Crippen molar-refractivity contribution < 1.29 is 4.79 Å². The van der Waals surface area contributed by atoms with Crippen LogP contribution in [-0.4, -0.2) is 37.6 Å². The van der Waals surface area contributed by atoms with Gasteiger partial charge in [0.25, 0.3) is 11.5 Å². The highest BCUT2D eigenvalue weighted by atomic mass is 32.2. The van der Waals surface area contributed by atoms with E-state index in [-0.39, 0.29) is 11.5 Å². The molecule has 0 radical (unpaired) electrons. The Bertz CT molecular complexity index is 997. The molecule has 28 heavy (non-hydrogen) atoms. The van der Waals surface area contributed by atoms with Crippen molar-refractivity contribution in [3.63, 3.8) is 0 Å². The minimum Gasteiger partial charge on any atom is -0.369 e. The summed E-state index contributed by atoms with van der Waals surface area (Å²) in [6, 6.07) is 5.41. The van der Waals surface area contributed by atoms with E-state index in [9.17, 15) is 9.59 Å². The Labute approximate surface area is 174 Å². The molecule has 8 heteroatoms. The number of amides is 1. The van der Waals surface area contributed by atoms with Crippen LogP contribution < -0.4 is 10.9 Å². The normalized spacial score (nSPS) is 16.0. The summed E-state index contributed by atoms with van der Waals surface area (Å²) in [4.78, 5) is 32.6. The minimum absolute atomic E-state index is 0.143. The highest BCUT2D eigenvalue weighted by molar-refractivity contribution is 8.26. The number of hydrogen-bond donors (Lipinski definition) is 1. The number of hydrogen-bond acceptors (Lipinski definition) is 6. The third-order valence-corrected chi connectivity index (χ3v) is 5.71. The third kappa shape index (κ3) is 4.28. The topological polar surface area (TPSA) is 66.7 Å². The number of pyridine rings is 1. The number of carbonyl (C=O) groups is 1. The van der Waals surface area contributed by atoms with Crippen LogP contribution in [-0.2, 0) is 4.79 Å². The maximum Gasteiger partial charge on any atom is 0.267 e. The summed E-state index contributed by atoms with van der Waals surface area (Å²) >= 11 is 6.60. The van der Waals surface area contributed by atoms with Gasteiger partial charge in [0, 0.05) is 19.3 Å². The first-order chi connectivity index (χ1) is 13.4. The fourth-order valence-electron chi connectivity index (χ4n) is 2.81. The molecule has 1 saturated heterocycles. The van der Waals surface area contributed by atoms with E-state index in [2.05, 4.69) is 31.1 Å². The van der Waals surface area contributed by atoms with Gasteiger partial charge >= 0.3 is 0 Å². The molecule has 0 aliphatic carbocycles. The van der Waals surface area contributed by atoms with Crippen molar-refractivity contribution in [3.8, 4) is 0 Å². The smallest absolute Gasteiger partial charge is 0.267 e. The van der Waals surface area contributed by atoms with Gasteiger partial charge in [0.2, 0.25) is 0 Å². The average Bonchev–Trinajstić information content (AvgIpc) is 2.94. The van der Waals surface area contributed by atoms with E-state index < -0.39 is 0 Å². The lowest BCUT2D eigenvalue weighted by molar-refractivity contribution is -0.122. The second-order valence-electron chi connectivity index (χ2n) is 7.07. The van der Waals surface area contributed by atoms with Crippen molar-refractivity contribution in [2.24, 2.45) is 5.92 Å². The minimum atomic E-state index is -0.212. The zero-order valence-corrected chi connectivity index (χ0v) is 17.9. The van der Waals surface area contributed by atoms with Crippen LogP contribution in [0.15, 0.2) is 34.1 Å². The van der Waals surface area contributed by atoms with Gasteiger partial charge in [-0.1, -0.05) is 57.2 Å². The number of thiocarbonyl (C=S) groups is 1. The molecule has 1 aliphatic rings. The van der Waals surface area contributed by atoms with Gasteiger partial charge < -0.3 is 5.32 Å². The molecule has 6 nitrogen and oxygen atoms in total. The summed E-state index contributed by atoms with van der Waals surface area (Å²) in [6.45, 7) is 7.51. The Morgan fingerprint density at radius 1 is 1.32 bits per heavy atom. The summed E-state index contributed by atoms with van der Waals surface area (Å²) in [6.07, 6.45) is 5.18. The molecule has 2 aromatic heterocycles. The third-order valence-electron chi connectivity index (χ3n) is 4.33. The summed E-state index contributed by atoms with van der Waals surface area (Å²) in [7, 11) is 0. The Hall–Kier alpha value is -2.19. The second-order valence-corrected chi connectivity index (χ2v) is 8.75. The Balaban J connectivity index is 2.06. The predicted octanol–water partition coefficient (Wildman–Crippen LogP) is 3.76. The molecule has 2 aromatic rings. The summed E-state index contributed by atoms with van der Waals surface area (Å²) in [5.41, 5.74) is 0.724. The Morgan fingerprint density at radius 3 is 2.82 bits per heavy atom. The number of anilines is 1. The van der Waals surface area contributed by atoms with E-state index in [0.717, 1.165) is 12.8 Å². The van der Waals surface area contributed by atoms with Crippen molar-refractivity contribution in [1.29, 1.82) is 0 Å². The van der Waals surface area contributed by atoms with Gasteiger partial charge in [-0.2, -0.15) is 0 Å². The van der Waals surface area contributed by atoms with Gasteiger partial charge in [-0.25, -0.2) is 4.98 Å². The molecule has 0 saturated carbocycles. The van der Waals surface area contributed by atoms with E-state index in [1.54, 1.807) is 29.3 Å². The predicted molar refractivity (Wildman–Crippen MR) is 120 cm³/mol. The monoisotopic (exact) mass is 416 g/mol. The van der Waals surface area contributed by atoms with Crippen LogP contribution in [0.2, 0.25) is 0 Å². The van der Waals surface area contributed by atoms with E-state index in [4.69, 9.17) is 12.2 Å². The van der Waals surface area contributed by atoms with Crippen molar-refractivity contribution in [1.82, 2.24) is 14.3 Å². The molecule has 0 bridgehead atoms. The molecule has 1 fully saturated rings. The summed E-state index contributed by atoms with van der Waals surface area (Å²) < 4.78 is 2.03. The van der Waals surface area contributed by atoms with Gasteiger partial charge in [0.15, 0.2) is 0 Å². The van der Waals surface area contributed by atoms with Crippen LogP contribution in [0, 0.1) is 5.92 Å². The quantitative estimate of drug-likeness (QED) is 0.548. The van der Waals surface area contributed by atoms with Crippen LogP contribution >= 0.6 is 24.0 Å². The number of carbonyl (C=O) groups excluding carboxylic acids is 1. The van der Waals surface area contributed by atoms with Gasteiger partial charge in [-0.15, -0.1) is 0 Å². The lowest BCUT2D eigenvalue weighted by atomic mass is 10.2. The molecule has 0 unspecified atom stereocenters. The molecule has 0 spiro atoms. The highest BCUT2D eigenvalue weighted by Gasteiger charge is 2.32. The fraction of sp³-hybridized carbons (Fsp3) is 0.400. The summed E-state index contributed by atoms with van der Waals surface area (Å²) in [5.74, 6) is 0.732. The first-order valence-corrected chi connectivity index (χ1v) is 10.7. The van der Waals surface area contributed by atoms with Crippen molar-refractivity contribution in [2.45, 2.75) is 33.6 Å². The van der Waals surface area contributed by atoms with E-state index in [1.165, 1.54) is 16.2 Å². The fourth-order valence-corrected chi connectivity index (χ4v) is 4.10. The molecule has 0 atom stereocenters. The second kappa shape index (κ2) is 8.87. The first-order valence-electron chi connectivity index (χ1n) is 9.43. The molecule has 1 amide bonds. The average molecular weight is 417 g/mol. The number of nitrogens with one attached hydrogen (secondary N) is 1. The summed E-state index contributed by atoms with van der Waals surface area (Å²) in [5, 5.41) is 3.26. The van der Waals surface area contributed by atoms with Crippen LogP contribution in [0.4, 0.5) is 5.82 Å². The van der Waals surface area contributed by atoms with Gasteiger partial charge in [0.1, 0.15) is 15.8 Å². The van der Waals surface area contributed by atoms with E-state index in [1.807, 2.05) is 6.07 Å². The van der Waals surface area contributed by atoms with Crippen LogP contribution in [0.5, 0.6) is 0 Å². The maximum absolute atomic E-state index is 13.1. The standard InChI is InChI=1S/C20H24N4O2S2/c1-4-5-9-24-19(26)15(28-20(24)27)11-14-17(21-12-13(2)3)22-16-8-6-7-10-23(16)18(14)25/h6-8,10-11,13,21H,4-5,9,12H2,1-3H3/b15-11+. The van der Waals surface area contributed by atoms with Crippen molar-refractivity contribution in [2.75, 3.05) is 18.4 Å². The number of fused-ring (bicyclic) bond motifs is 1. The Kier molecular flexibility index (Phi) is 6.51. The van der Waals surface area contributed by atoms with Crippen LogP contribution in [0.25, 0.3) is 11.7 Å². The molecular formula is C20H24N4O2S2. The molecule has 3 heterocycles. The number of thioether (sulfide) groups is 1. The lowest BCUT2D eigenvalue weighted by Crippen LogP contribution is -2.29. The molecule has 1 aliphatic heterocycles. The molecule has 0 aromatic carbocycles. The van der Waals surface area contributed by atoms with Crippen molar-refractivity contribution in [3.05, 3.63) is 45.2 Å². The highest BCUT2D eigenvalue weighted by Crippen LogP contribution is 2.33. The van der Waals surface area contributed by atoms with E-state index >= 15 is 0 Å². The molecule has 148 valence electrons. The first kappa shape index (κ1) is 20.5.